The predicted octanol–water partition coefficient (Wildman–Crippen LogP) is 3.94. The lowest BCUT2D eigenvalue weighted by atomic mass is 10.1. The first kappa shape index (κ1) is 14.0. The van der Waals surface area contributed by atoms with Crippen molar-refractivity contribution in [2.75, 3.05) is 5.32 Å². The maximum atomic E-state index is 13.2. The first-order valence-corrected chi connectivity index (χ1v) is 6.55. The summed E-state index contributed by atoms with van der Waals surface area (Å²) >= 11 is 3.30. The highest BCUT2D eigenvalue weighted by molar-refractivity contribution is 9.10. The fourth-order valence-corrected chi connectivity index (χ4v) is 2.09. The van der Waals surface area contributed by atoms with Gasteiger partial charge in [-0.05, 0) is 35.9 Å². The molecule has 0 bridgehead atoms. The van der Waals surface area contributed by atoms with E-state index in [9.17, 15) is 4.39 Å². The van der Waals surface area contributed by atoms with Crippen LogP contribution < -0.4 is 5.32 Å². The zero-order valence-corrected chi connectivity index (χ0v) is 11.9. The number of anilines is 1. The lowest BCUT2D eigenvalue weighted by Crippen LogP contribution is -2.02. The van der Waals surface area contributed by atoms with Crippen LogP contribution in [0.2, 0.25) is 0 Å². The van der Waals surface area contributed by atoms with Crippen molar-refractivity contribution in [1.29, 1.82) is 10.5 Å². The van der Waals surface area contributed by atoms with Crippen LogP contribution in [0.1, 0.15) is 16.7 Å². The predicted molar refractivity (Wildman–Crippen MR) is 77.3 cm³/mol. The molecule has 5 heteroatoms. The summed E-state index contributed by atoms with van der Waals surface area (Å²) in [7, 11) is 0. The molecule has 2 aromatic rings. The van der Waals surface area contributed by atoms with Crippen molar-refractivity contribution in [2.45, 2.75) is 6.54 Å². The van der Waals surface area contributed by atoms with Crippen LogP contribution in [0.25, 0.3) is 0 Å². The highest BCUT2D eigenvalue weighted by Crippen LogP contribution is 2.21. The summed E-state index contributed by atoms with van der Waals surface area (Å²) in [5.41, 5.74) is 2.00. The van der Waals surface area contributed by atoms with Crippen LogP contribution in [0.15, 0.2) is 40.9 Å². The smallest absolute Gasteiger partial charge is 0.140 e. The highest BCUT2D eigenvalue weighted by Gasteiger charge is 2.05. The number of halogens is 2. The second kappa shape index (κ2) is 6.18. The lowest BCUT2D eigenvalue weighted by molar-refractivity contribution is 0.623. The van der Waals surface area contributed by atoms with Crippen molar-refractivity contribution in [3.63, 3.8) is 0 Å². The summed E-state index contributed by atoms with van der Waals surface area (Å²) in [6.07, 6.45) is 0. The van der Waals surface area contributed by atoms with Gasteiger partial charge in [0.15, 0.2) is 0 Å². The summed E-state index contributed by atoms with van der Waals surface area (Å²) < 4.78 is 14.0. The second-order valence-electron chi connectivity index (χ2n) is 4.08. The van der Waals surface area contributed by atoms with Gasteiger partial charge in [0.2, 0.25) is 0 Å². The molecule has 2 rings (SSSR count). The average Bonchev–Trinajstić information content (AvgIpc) is 2.47. The zero-order valence-electron chi connectivity index (χ0n) is 10.3. The summed E-state index contributed by atoms with van der Waals surface area (Å²) in [6.45, 7) is 0.408. The molecule has 0 aromatic heterocycles. The van der Waals surface area contributed by atoms with E-state index in [-0.39, 0.29) is 5.56 Å². The molecule has 0 atom stereocenters. The van der Waals surface area contributed by atoms with Crippen molar-refractivity contribution < 1.29 is 4.39 Å². The molecule has 0 spiro atoms. The number of nitriles is 2. The molecule has 2 aromatic carbocycles. The minimum atomic E-state index is -0.530. The number of benzene rings is 2. The fraction of sp³-hybridized carbons (Fsp3) is 0.0667. The average molecular weight is 330 g/mol. The van der Waals surface area contributed by atoms with Crippen LogP contribution in [0.5, 0.6) is 0 Å². The molecule has 0 amide bonds. The van der Waals surface area contributed by atoms with E-state index >= 15 is 0 Å². The second-order valence-corrected chi connectivity index (χ2v) is 5.00. The lowest BCUT2D eigenvalue weighted by Gasteiger charge is -2.09. The van der Waals surface area contributed by atoms with Gasteiger partial charge < -0.3 is 5.32 Å². The van der Waals surface area contributed by atoms with E-state index in [0.717, 1.165) is 10.0 Å². The Morgan fingerprint density at radius 3 is 2.50 bits per heavy atom. The molecule has 0 unspecified atom stereocenters. The molecule has 0 aliphatic heterocycles. The Kier molecular flexibility index (Phi) is 4.34. The maximum absolute atomic E-state index is 13.2. The van der Waals surface area contributed by atoms with E-state index < -0.39 is 5.82 Å². The standard InChI is InChI=1S/C15H9BrFN3/c16-13-2-4-15(12(6-13)8-19)20-9-10-1-3-14(17)11(5-10)7-18/h1-6,20H,9H2. The highest BCUT2D eigenvalue weighted by atomic mass is 79.9. The van der Waals surface area contributed by atoms with E-state index in [2.05, 4.69) is 27.3 Å². The summed E-state index contributed by atoms with van der Waals surface area (Å²) in [6, 6.07) is 13.6. The first-order valence-electron chi connectivity index (χ1n) is 5.76. The van der Waals surface area contributed by atoms with Crippen LogP contribution >= 0.6 is 15.9 Å². The number of rotatable bonds is 3. The Morgan fingerprint density at radius 2 is 1.80 bits per heavy atom. The maximum Gasteiger partial charge on any atom is 0.140 e. The third kappa shape index (κ3) is 3.14. The molecule has 3 nitrogen and oxygen atoms in total. The monoisotopic (exact) mass is 329 g/mol. The van der Waals surface area contributed by atoms with Gasteiger partial charge in [0.1, 0.15) is 18.0 Å². The molecule has 0 heterocycles. The van der Waals surface area contributed by atoms with Gasteiger partial charge in [-0.2, -0.15) is 10.5 Å². The molecule has 0 saturated carbocycles. The minimum absolute atomic E-state index is 0.0145. The Morgan fingerprint density at radius 1 is 1.05 bits per heavy atom. The van der Waals surface area contributed by atoms with E-state index in [1.165, 1.54) is 12.1 Å². The van der Waals surface area contributed by atoms with Crippen molar-refractivity contribution in [3.8, 4) is 12.1 Å². The number of nitrogens with one attached hydrogen (secondary N) is 1. The Bertz CT molecular complexity index is 729. The van der Waals surface area contributed by atoms with E-state index in [0.29, 0.717) is 17.8 Å². The molecule has 0 radical (unpaired) electrons. The van der Waals surface area contributed by atoms with E-state index in [4.69, 9.17) is 10.5 Å². The summed E-state index contributed by atoms with van der Waals surface area (Å²) in [4.78, 5) is 0. The largest absolute Gasteiger partial charge is 0.380 e. The molecule has 20 heavy (non-hydrogen) atoms. The van der Waals surface area contributed by atoms with Gasteiger partial charge in [0.25, 0.3) is 0 Å². The fourth-order valence-electron chi connectivity index (χ4n) is 1.73. The molecular formula is C15H9BrFN3. The Labute approximate surface area is 124 Å². The van der Waals surface area contributed by atoms with Crippen molar-refractivity contribution in [3.05, 3.63) is 63.4 Å². The number of hydrogen-bond acceptors (Lipinski definition) is 3. The normalized spacial score (nSPS) is 9.60. The Hall–Kier alpha value is -2.37. The number of nitrogens with zero attached hydrogens (tertiary/aromatic N) is 2. The van der Waals surface area contributed by atoms with Gasteiger partial charge in [-0.1, -0.05) is 22.0 Å². The topological polar surface area (TPSA) is 59.6 Å². The zero-order chi connectivity index (χ0) is 14.5. The van der Waals surface area contributed by atoms with Gasteiger partial charge in [0.05, 0.1) is 16.8 Å². The van der Waals surface area contributed by atoms with Gasteiger partial charge in [-0.25, -0.2) is 4.39 Å². The SMILES string of the molecule is N#Cc1cc(CNc2ccc(Br)cc2C#N)ccc1F. The number of hydrogen-bond donors (Lipinski definition) is 1. The van der Waals surface area contributed by atoms with Gasteiger partial charge >= 0.3 is 0 Å². The summed E-state index contributed by atoms with van der Waals surface area (Å²) in [5.74, 6) is -0.530. The van der Waals surface area contributed by atoms with Crippen molar-refractivity contribution in [2.24, 2.45) is 0 Å². The molecule has 0 aliphatic carbocycles. The van der Waals surface area contributed by atoms with Crippen molar-refractivity contribution in [1.82, 2.24) is 0 Å². The molecule has 1 N–H and O–H groups in total. The van der Waals surface area contributed by atoms with E-state index in [1.54, 1.807) is 24.3 Å². The van der Waals surface area contributed by atoms with Gasteiger partial charge in [-0.3, -0.25) is 0 Å². The van der Waals surface area contributed by atoms with Crippen LogP contribution in [0.4, 0.5) is 10.1 Å². The molecular weight excluding hydrogens is 321 g/mol. The van der Waals surface area contributed by atoms with Crippen LogP contribution in [0.3, 0.4) is 0 Å². The van der Waals surface area contributed by atoms with Crippen LogP contribution in [-0.2, 0) is 6.54 Å². The molecule has 98 valence electrons. The molecule has 0 saturated heterocycles. The van der Waals surface area contributed by atoms with Gasteiger partial charge in [-0.15, -0.1) is 0 Å². The van der Waals surface area contributed by atoms with Crippen LogP contribution in [-0.4, -0.2) is 0 Å². The van der Waals surface area contributed by atoms with Crippen molar-refractivity contribution >= 4 is 21.6 Å². The first-order chi connectivity index (χ1) is 9.63. The molecule has 0 fully saturated rings. The minimum Gasteiger partial charge on any atom is -0.380 e. The molecule has 0 aliphatic rings. The third-order valence-corrected chi connectivity index (χ3v) is 3.23. The van der Waals surface area contributed by atoms with E-state index in [1.807, 2.05) is 6.07 Å². The van der Waals surface area contributed by atoms with Crippen LogP contribution in [0, 0.1) is 28.5 Å². The van der Waals surface area contributed by atoms with Gasteiger partial charge in [0, 0.05) is 11.0 Å². The summed E-state index contributed by atoms with van der Waals surface area (Å²) in [5, 5.41) is 20.9. The quantitative estimate of drug-likeness (QED) is 0.927. The third-order valence-electron chi connectivity index (χ3n) is 2.74. The Balaban J connectivity index is 2.18.